The molecule has 2 N–H and O–H groups in total. The number of aliphatic hydroxyl groups is 2. The summed E-state index contributed by atoms with van der Waals surface area (Å²) in [6.45, 7) is 5.04. The Labute approximate surface area is 249 Å². The molecule has 1 aromatic carbocycles. The third kappa shape index (κ3) is 5.89. The molecule has 1 aliphatic rings. The van der Waals surface area contributed by atoms with Gasteiger partial charge in [-0.1, -0.05) is 36.7 Å². The maximum absolute atomic E-state index is 15.7. The Kier molecular flexibility index (Phi) is 9.03. The first-order valence-electron chi connectivity index (χ1n) is 12.8. The van der Waals surface area contributed by atoms with E-state index >= 15 is 8.78 Å². The lowest BCUT2D eigenvalue weighted by atomic mass is 10.0. The van der Waals surface area contributed by atoms with Crippen molar-refractivity contribution in [2.45, 2.75) is 43.3 Å². The summed E-state index contributed by atoms with van der Waals surface area (Å²) >= 11 is 6.52. The fourth-order valence-electron chi connectivity index (χ4n) is 5.16. The Morgan fingerprint density at radius 1 is 1.19 bits per heavy atom. The van der Waals surface area contributed by atoms with Crippen LogP contribution in [0.25, 0.3) is 6.20 Å². The molecule has 8 nitrogen and oxygen atoms in total. The number of aromatic nitrogens is 2. The second kappa shape index (κ2) is 12.0. The van der Waals surface area contributed by atoms with Crippen molar-refractivity contribution in [2.75, 3.05) is 6.26 Å². The van der Waals surface area contributed by atoms with Crippen LogP contribution in [0.15, 0.2) is 80.0 Å². The Morgan fingerprint density at radius 3 is 2.48 bits per heavy atom. The number of aryl methyl sites for hydroxylation is 1. The smallest absolute Gasteiger partial charge is 0.273 e. The highest BCUT2D eigenvalue weighted by atomic mass is 35.5. The number of halogens is 3. The average molecular weight is 614 g/mol. The number of pyridine rings is 2. The third-order valence-corrected chi connectivity index (χ3v) is 8.46. The van der Waals surface area contributed by atoms with Gasteiger partial charge in [-0.25, -0.2) is 8.78 Å². The maximum Gasteiger partial charge on any atom is 0.273 e. The number of aliphatic imine (C=N–C) groups is 1. The largest absolute Gasteiger partial charge is 0.357 e. The molecule has 0 saturated heterocycles. The maximum atomic E-state index is 15.7. The molecule has 1 aliphatic carbocycles. The van der Waals surface area contributed by atoms with Crippen LogP contribution in [0.4, 0.5) is 8.78 Å². The molecule has 4 atom stereocenters. The van der Waals surface area contributed by atoms with Gasteiger partial charge in [0.15, 0.2) is 19.5 Å². The summed E-state index contributed by atoms with van der Waals surface area (Å²) in [5.41, 5.74) is -1.16. The quantitative estimate of drug-likeness (QED) is 0.228. The SMILES string of the molecule is [B]C(O)(O)n1c(C2C(c3cc(C)n(/C=C(F)/C(=N/C=C/C)c4cccc(S(C)=O)c4F)c(=O)c3Cl)[C@@H]2C)cccc1=O. The van der Waals surface area contributed by atoms with Crippen LogP contribution in [0.2, 0.25) is 5.02 Å². The molecule has 0 aliphatic heterocycles. The summed E-state index contributed by atoms with van der Waals surface area (Å²) in [7, 11) is 3.75. The van der Waals surface area contributed by atoms with Crippen LogP contribution in [-0.2, 0) is 16.6 Å². The van der Waals surface area contributed by atoms with Crippen molar-refractivity contribution in [1.82, 2.24) is 9.13 Å². The van der Waals surface area contributed by atoms with E-state index in [1.54, 1.807) is 19.9 Å². The zero-order valence-electron chi connectivity index (χ0n) is 23.1. The predicted octanol–water partition coefficient (Wildman–Crippen LogP) is 3.88. The average Bonchev–Trinajstić information content (AvgIpc) is 3.58. The van der Waals surface area contributed by atoms with Gasteiger partial charge in [-0.15, -0.1) is 0 Å². The lowest BCUT2D eigenvalue weighted by molar-refractivity contribution is -0.155. The summed E-state index contributed by atoms with van der Waals surface area (Å²) in [6.07, 6.45) is 4.92. The number of hydrogen-bond acceptors (Lipinski definition) is 6. The molecule has 13 heteroatoms. The van der Waals surface area contributed by atoms with Crippen molar-refractivity contribution in [1.29, 1.82) is 0 Å². The summed E-state index contributed by atoms with van der Waals surface area (Å²) in [6, 6.07) is 9.77. The number of hydrogen-bond donors (Lipinski definition) is 2. The van der Waals surface area contributed by atoms with Crippen molar-refractivity contribution in [3.8, 4) is 0 Å². The van der Waals surface area contributed by atoms with E-state index in [1.807, 2.05) is 6.92 Å². The van der Waals surface area contributed by atoms with E-state index in [-0.39, 0.29) is 33.0 Å². The molecule has 2 heterocycles. The highest BCUT2D eigenvalue weighted by Gasteiger charge is 2.52. The van der Waals surface area contributed by atoms with E-state index in [1.165, 1.54) is 48.9 Å². The minimum absolute atomic E-state index is 0.125. The van der Waals surface area contributed by atoms with Gasteiger partial charge in [0, 0.05) is 41.4 Å². The van der Waals surface area contributed by atoms with Gasteiger partial charge in [0.05, 0.1) is 21.9 Å². The Bertz CT molecular complexity index is 1800. The molecule has 42 heavy (non-hydrogen) atoms. The van der Waals surface area contributed by atoms with Crippen molar-refractivity contribution in [3.63, 3.8) is 0 Å². The molecule has 2 radical (unpaired) electrons. The lowest BCUT2D eigenvalue weighted by Crippen LogP contribution is -2.42. The molecule has 1 saturated carbocycles. The Balaban J connectivity index is 1.79. The molecule has 0 spiro atoms. The molecular weight excluding hydrogens is 587 g/mol. The summed E-state index contributed by atoms with van der Waals surface area (Å²) in [4.78, 5) is 29.7. The predicted molar refractivity (Wildman–Crippen MR) is 159 cm³/mol. The molecule has 2 aromatic heterocycles. The highest BCUT2D eigenvalue weighted by Crippen LogP contribution is 2.61. The summed E-state index contributed by atoms with van der Waals surface area (Å²) < 4.78 is 44.5. The van der Waals surface area contributed by atoms with Gasteiger partial charge in [0.25, 0.3) is 11.1 Å². The van der Waals surface area contributed by atoms with Gasteiger partial charge in [0.2, 0.25) is 0 Å². The van der Waals surface area contributed by atoms with Crippen LogP contribution in [0.5, 0.6) is 0 Å². The molecule has 0 amide bonds. The van der Waals surface area contributed by atoms with Crippen molar-refractivity contribution in [2.24, 2.45) is 10.9 Å². The second-order valence-corrected chi connectivity index (χ2v) is 11.7. The van der Waals surface area contributed by atoms with Crippen LogP contribution >= 0.6 is 11.6 Å². The van der Waals surface area contributed by atoms with Crippen molar-refractivity contribution in [3.05, 3.63) is 115 Å². The molecular formula is C29H27BClF2N3O5S. The summed E-state index contributed by atoms with van der Waals surface area (Å²) in [5.74, 6) is -5.87. The lowest BCUT2D eigenvalue weighted by Gasteiger charge is -2.24. The zero-order valence-corrected chi connectivity index (χ0v) is 24.7. The van der Waals surface area contributed by atoms with Crippen LogP contribution in [0.3, 0.4) is 0 Å². The fourth-order valence-corrected chi connectivity index (χ4v) is 6.06. The Morgan fingerprint density at radius 2 is 1.86 bits per heavy atom. The topological polar surface area (TPSA) is 114 Å². The van der Waals surface area contributed by atoms with Crippen molar-refractivity contribution < 1.29 is 23.2 Å². The van der Waals surface area contributed by atoms with E-state index in [2.05, 4.69) is 4.99 Å². The van der Waals surface area contributed by atoms with Gasteiger partial charge >= 0.3 is 0 Å². The van der Waals surface area contributed by atoms with E-state index < -0.39 is 51.0 Å². The van der Waals surface area contributed by atoms with E-state index in [9.17, 15) is 24.0 Å². The normalized spacial score (nSPS) is 20.3. The minimum Gasteiger partial charge on any atom is -0.357 e. The first-order valence-corrected chi connectivity index (χ1v) is 14.7. The van der Waals surface area contributed by atoms with Crippen LogP contribution in [-0.4, -0.2) is 43.4 Å². The van der Waals surface area contributed by atoms with Crippen molar-refractivity contribution >= 4 is 42.2 Å². The Hall–Kier alpha value is -3.45. The van der Waals surface area contributed by atoms with E-state index in [0.29, 0.717) is 15.8 Å². The van der Waals surface area contributed by atoms with Gasteiger partial charge in [-0.3, -0.25) is 27.9 Å². The van der Waals surface area contributed by atoms with Gasteiger partial charge in [0.1, 0.15) is 16.6 Å². The molecule has 1 fully saturated rings. The van der Waals surface area contributed by atoms with Gasteiger partial charge in [-0.2, -0.15) is 0 Å². The standard InChI is InChI=1S/C29H27BClF2N3O5S/c1-5-12-34-27(17-8-6-10-21(26(17)33)42(4)41)19(32)14-35-15(2)13-18(25(31)28(35)38)23-16(3)24(23)20-9-7-11-22(37)36(20)29(30,39)40/h5-14,16,23-24,39-40H,1-4H3/b12-5+,19-14-,34-27+/t16-,23?,24?,42?/m0/s1. The molecule has 3 unspecified atom stereocenters. The summed E-state index contributed by atoms with van der Waals surface area (Å²) in [5, 5.41) is 19.8. The van der Waals surface area contributed by atoms with Crippen LogP contribution in [0.1, 0.15) is 48.2 Å². The number of benzene rings is 1. The molecule has 218 valence electrons. The zero-order chi connectivity index (χ0) is 31.1. The monoisotopic (exact) mass is 613 g/mol. The number of allylic oxidation sites excluding steroid dienone is 2. The minimum atomic E-state index is -2.94. The number of nitrogens with zero attached hydrogens (tertiary/aromatic N) is 3. The van der Waals surface area contributed by atoms with Crippen LogP contribution in [0, 0.1) is 18.7 Å². The third-order valence-electron chi connectivity index (χ3n) is 7.15. The molecule has 4 rings (SSSR count). The first-order chi connectivity index (χ1) is 19.7. The fraction of sp³-hybridized carbons (Fsp3) is 0.276. The van der Waals surface area contributed by atoms with Gasteiger partial charge < -0.3 is 10.2 Å². The number of rotatable bonds is 8. The molecule has 0 bridgehead atoms. The van der Waals surface area contributed by atoms with Gasteiger partial charge in [-0.05, 0) is 55.5 Å². The molecule has 3 aromatic rings. The van der Waals surface area contributed by atoms with E-state index in [4.69, 9.17) is 19.4 Å². The second-order valence-electron chi connectivity index (χ2n) is 9.96. The first kappa shape index (κ1) is 31.5. The highest BCUT2D eigenvalue weighted by molar-refractivity contribution is 7.84. The van der Waals surface area contributed by atoms with E-state index in [0.717, 1.165) is 16.8 Å². The van der Waals surface area contributed by atoms with Crippen LogP contribution < -0.4 is 11.1 Å².